The van der Waals surface area contributed by atoms with Crippen LogP contribution in [0.4, 0.5) is 10.5 Å². The molecule has 0 heterocycles. The summed E-state index contributed by atoms with van der Waals surface area (Å²) in [6, 6.07) is 5.74. The van der Waals surface area contributed by atoms with Gasteiger partial charge in [-0.25, -0.2) is 4.79 Å². The van der Waals surface area contributed by atoms with Crippen LogP contribution in [0.3, 0.4) is 0 Å². The molecule has 3 saturated carbocycles. The number of nitro benzene ring substituents is 1. The van der Waals surface area contributed by atoms with E-state index in [1.165, 1.54) is 87.4 Å². The third-order valence-electron chi connectivity index (χ3n) is 11.8. The minimum atomic E-state index is -0.449. The van der Waals surface area contributed by atoms with Gasteiger partial charge in [0.25, 0.3) is 5.69 Å². The molecule has 1 aromatic carbocycles. The number of hydrogen-bond acceptors (Lipinski definition) is 5. The lowest BCUT2D eigenvalue weighted by Gasteiger charge is -2.58. The first-order chi connectivity index (χ1) is 19.0. The Kier molecular flexibility index (Phi) is 8.76. The predicted octanol–water partition coefficient (Wildman–Crippen LogP) is 10.2. The lowest BCUT2D eigenvalue weighted by Crippen LogP contribution is -2.50. The lowest BCUT2D eigenvalue weighted by atomic mass is 9.47. The van der Waals surface area contributed by atoms with Crippen LogP contribution in [0.1, 0.15) is 105 Å². The number of ether oxygens (including phenoxy) is 1. The van der Waals surface area contributed by atoms with Crippen LogP contribution in [0.2, 0.25) is 0 Å². The van der Waals surface area contributed by atoms with Crippen LogP contribution in [0.5, 0.6) is 5.75 Å². The molecular weight excluding hydrogens is 518 g/mol. The molecule has 5 nitrogen and oxygen atoms in total. The lowest BCUT2D eigenvalue weighted by molar-refractivity contribution is -0.384. The Balaban J connectivity index is 1.20. The van der Waals surface area contributed by atoms with Gasteiger partial charge in [0.05, 0.1) is 4.92 Å². The van der Waals surface area contributed by atoms with Crippen molar-refractivity contribution in [2.24, 2.45) is 46.3 Å². The van der Waals surface area contributed by atoms with Crippen molar-refractivity contribution in [2.45, 2.75) is 110 Å². The van der Waals surface area contributed by atoms with E-state index in [9.17, 15) is 14.9 Å². The van der Waals surface area contributed by atoms with E-state index in [0.29, 0.717) is 11.2 Å². The van der Waals surface area contributed by atoms with E-state index in [-0.39, 0.29) is 21.7 Å². The molecule has 1 unspecified atom stereocenters. The summed E-state index contributed by atoms with van der Waals surface area (Å²) < 4.78 is 5.50. The highest BCUT2D eigenvalue weighted by Gasteiger charge is 2.59. The van der Waals surface area contributed by atoms with Crippen molar-refractivity contribution in [3.05, 3.63) is 46.0 Å². The zero-order valence-electron chi connectivity index (χ0n) is 25.2. The summed E-state index contributed by atoms with van der Waals surface area (Å²) in [4.78, 5) is 23.1. The molecule has 0 aromatic heterocycles. The van der Waals surface area contributed by atoms with Gasteiger partial charge in [-0.05, 0) is 122 Å². The van der Waals surface area contributed by atoms with Crippen molar-refractivity contribution in [2.75, 3.05) is 0 Å². The third-order valence-corrected chi connectivity index (χ3v) is 12.8. The van der Waals surface area contributed by atoms with Crippen LogP contribution in [-0.4, -0.2) is 15.5 Å². The highest BCUT2D eigenvalue weighted by atomic mass is 32.2. The third kappa shape index (κ3) is 5.76. The molecule has 8 atom stereocenters. The molecule has 0 bridgehead atoms. The molecule has 3 fully saturated rings. The van der Waals surface area contributed by atoms with Gasteiger partial charge in [-0.1, -0.05) is 65.5 Å². The summed E-state index contributed by atoms with van der Waals surface area (Å²) in [5, 5.41) is 10.8. The number of hydrogen-bond donors (Lipinski definition) is 0. The molecule has 0 N–H and O–H groups in total. The second-order valence-electron chi connectivity index (χ2n) is 14.4. The summed E-state index contributed by atoms with van der Waals surface area (Å²) >= 11 is 1.30. The minimum Gasteiger partial charge on any atom is -0.418 e. The average molecular weight is 568 g/mol. The van der Waals surface area contributed by atoms with Gasteiger partial charge in [-0.3, -0.25) is 10.1 Å². The molecule has 0 spiro atoms. The number of nitro groups is 1. The molecule has 4 aliphatic rings. The Morgan fingerprint density at radius 3 is 2.50 bits per heavy atom. The summed E-state index contributed by atoms with van der Waals surface area (Å²) in [6.45, 7) is 12.5. The topological polar surface area (TPSA) is 69.4 Å². The van der Waals surface area contributed by atoms with Gasteiger partial charge in [0.15, 0.2) is 0 Å². The van der Waals surface area contributed by atoms with Crippen LogP contribution in [0, 0.1) is 56.5 Å². The van der Waals surface area contributed by atoms with E-state index in [1.807, 2.05) is 0 Å². The Morgan fingerprint density at radius 2 is 1.80 bits per heavy atom. The van der Waals surface area contributed by atoms with Gasteiger partial charge in [0.1, 0.15) is 5.75 Å². The average Bonchev–Trinajstić information content (AvgIpc) is 3.26. The van der Waals surface area contributed by atoms with E-state index in [2.05, 4.69) is 40.7 Å². The standard InChI is InChI=1S/C34H49NO4S/c1-22(2)7-6-8-23(3)29-15-16-30-28-14-9-24-21-27(17-19-33(24,4)31(28)18-20-34(29,30)5)40-32(36)39-26-12-10-25(11-13-26)35(37)38/h9-13,22-23,27-31H,6-8,14-21H2,1-5H3/t23-,27?,28-,29+,30-,31-,33-,34+/m0/s1. The summed E-state index contributed by atoms with van der Waals surface area (Å²) in [5.74, 6) is 5.36. The van der Waals surface area contributed by atoms with Crippen molar-refractivity contribution < 1.29 is 14.5 Å². The van der Waals surface area contributed by atoms with Gasteiger partial charge >= 0.3 is 5.30 Å². The normalized spacial score (nSPS) is 35.8. The van der Waals surface area contributed by atoms with Gasteiger partial charge in [0.2, 0.25) is 0 Å². The molecule has 0 aliphatic heterocycles. The summed E-state index contributed by atoms with van der Waals surface area (Å²) in [6.07, 6.45) is 16.7. The van der Waals surface area contributed by atoms with Crippen molar-refractivity contribution in [1.29, 1.82) is 0 Å². The van der Waals surface area contributed by atoms with Crippen molar-refractivity contribution >= 4 is 22.8 Å². The quantitative estimate of drug-likeness (QED) is 0.135. The SMILES string of the molecule is CC(C)CCC[C@H](C)[C@H]1CC[C@H]2[C@@H]3CC=C4CC(SC(=O)Oc5ccc([N+](=O)[O-])cc5)CC[C@]4(C)[C@H]3CC[C@]12C. The van der Waals surface area contributed by atoms with Gasteiger partial charge in [-0.2, -0.15) is 0 Å². The second kappa shape index (κ2) is 11.8. The molecule has 6 heteroatoms. The van der Waals surface area contributed by atoms with Gasteiger partial charge in [0, 0.05) is 17.4 Å². The Hall–Kier alpha value is -1.82. The number of allylic oxidation sites excluding steroid dienone is 2. The Bertz CT molecular complexity index is 1120. The monoisotopic (exact) mass is 567 g/mol. The molecule has 220 valence electrons. The van der Waals surface area contributed by atoms with E-state index < -0.39 is 4.92 Å². The maximum Gasteiger partial charge on any atom is 0.372 e. The molecule has 0 radical (unpaired) electrons. The van der Waals surface area contributed by atoms with Crippen molar-refractivity contribution in [1.82, 2.24) is 0 Å². The van der Waals surface area contributed by atoms with Crippen LogP contribution >= 0.6 is 11.8 Å². The van der Waals surface area contributed by atoms with E-state index in [0.717, 1.165) is 54.8 Å². The fourth-order valence-corrected chi connectivity index (χ4v) is 10.6. The van der Waals surface area contributed by atoms with Crippen LogP contribution < -0.4 is 4.74 Å². The van der Waals surface area contributed by atoms with Gasteiger partial charge in [-0.15, -0.1) is 0 Å². The molecule has 1 aromatic rings. The van der Waals surface area contributed by atoms with E-state index in [4.69, 9.17) is 4.74 Å². The largest absolute Gasteiger partial charge is 0.418 e. The minimum absolute atomic E-state index is 0.00569. The van der Waals surface area contributed by atoms with E-state index in [1.54, 1.807) is 5.57 Å². The molecule has 5 rings (SSSR count). The van der Waals surface area contributed by atoms with Crippen molar-refractivity contribution in [3.8, 4) is 5.75 Å². The molecule has 40 heavy (non-hydrogen) atoms. The fourth-order valence-electron chi connectivity index (χ4n) is 9.64. The van der Waals surface area contributed by atoms with E-state index >= 15 is 0 Å². The molecule has 4 aliphatic carbocycles. The predicted molar refractivity (Wildman–Crippen MR) is 164 cm³/mol. The summed E-state index contributed by atoms with van der Waals surface area (Å²) in [7, 11) is 0. The summed E-state index contributed by atoms with van der Waals surface area (Å²) in [5.41, 5.74) is 2.36. The first kappa shape index (κ1) is 29.7. The highest BCUT2D eigenvalue weighted by Crippen LogP contribution is 2.67. The van der Waals surface area contributed by atoms with Crippen molar-refractivity contribution in [3.63, 3.8) is 0 Å². The number of carbonyl (C=O) groups is 1. The highest BCUT2D eigenvalue weighted by molar-refractivity contribution is 8.13. The number of rotatable bonds is 8. The number of fused-ring (bicyclic) bond motifs is 5. The fraction of sp³-hybridized carbons (Fsp3) is 0.735. The van der Waals surface area contributed by atoms with Crippen LogP contribution in [0.25, 0.3) is 0 Å². The second-order valence-corrected chi connectivity index (χ2v) is 15.6. The first-order valence-corrected chi connectivity index (χ1v) is 16.7. The van der Waals surface area contributed by atoms with Crippen LogP contribution in [0.15, 0.2) is 35.9 Å². The Morgan fingerprint density at radius 1 is 1.05 bits per heavy atom. The number of nitrogens with zero attached hydrogens (tertiary/aromatic N) is 1. The number of non-ortho nitro benzene ring substituents is 1. The maximum atomic E-state index is 12.7. The molecule has 0 saturated heterocycles. The number of carbonyl (C=O) groups excluding carboxylic acids is 1. The Labute approximate surface area is 245 Å². The van der Waals surface area contributed by atoms with Crippen LogP contribution in [-0.2, 0) is 0 Å². The number of thioether (sulfide) groups is 1. The zero-order valence-corrected chi connectivity index (χ0v) is 26.0. The molecular formula is C34H49NO4S. The van der Waals surface area contributed by atoms with Gasteiger partial charge < -0.3 is 4.74 Å². The maximum absolute atomic E-state index is 12.7. The zero-order chi connectivity index (χ0) is 28.7. The molecule has 0 amide bonds. The number of benzene rings is 1. The smallest absolute Gasteiger partial charge is 0.372 e. The first-order valence-electron chi connectivity index (χ1n) is 15.8.